The van der Waals surface area contributed by atoms with Crippen LogP contribution in [0.1, 0.15) is 12.5 Å². The SMILES string of the molecule is CN(Cc1cccc(Br)c1O)CC(C)(CO)CO. The number of benzene rings is 1. The Morgan fingerprint density at radius 2 is 1.89 bits per heavy atom. The van der Waals surface area contributed by atoms with Gasteiger partial charge in [-0.2, -0.15) is 0 Å². The van der Waals surface area contributed by atoms with Gasteiger partial charge in [0.05, 0.1) is 17.7 Å². The van der Waals surface area contributed by atoms with Crippen LogP contribution in [0.3, 0.4) is 0 Å². The summed E-state index contributed by atoms with van der Waals surface area (Å²) in [6.45, 7) is 2.79. The molecule has 0 heterocycles. The van der Waals surface area contributed by atoms with Gasteiger partial charge >= 0.3 is 0 Å². The van der Waals surface area contributed by atoms with Crippen LogP contribution in [0.25, 0.3) is 0 Å². The van der Waals surface area contributed by atoms with Crippen LogP contribution >= 0.6 is 15.9 Å². The number of aliphatic hydroxyl groups excluding tert-OH is 2. The molecule has 0 saturated heterocycles. The molecule has 0 spiro atoms. The first kappa shape index (κ1) is 15.4. The van der Waals surface area contributed by atoms with Gasteiger partial charge in [-0.15, -0.1) is 0 Å². The van der Waals surface area contributed by atoms with Crippen molar-refractivity contribution in [1.82, 2.24) is 4.90 Å². The Hall–Kier alpha value is -0.620. The summed E-state index contributed by atoms with van der Waals surface area (Å²) in [7, 11) is 1.89. The molecule has 0 unspecified atom stereocenters. The molecule has 0 atom stereocenters. The van der Waals surface area contributed by atoms with Gasteiger partial charge in [0, 0.05) is 24.1 Å². The lowest BCUT2D eigenvalue weighted by molar-refractivity contribution is 0.0400. The van der Waals surface area contributed by atoms with Crippen LogP contribution in [0.15, 0.2) is 22.7 Å². The van der Waals surface area contributed by atoms with Crippen molar-refractivity contribution in [2.24, 2.45) is 5.41 Å². The van der Waals surface area contributed by atoms with Crippen LogP contribution in [0.5, 0.6) is 5.75 Å². The highest BCUT2D eigenvalue weighted by atomic mass is 79.9. The minimum Gasteiger partial charge on any atom is -0.506 e. The fourth-order valence-corrected chi connectivity index (χ4v) is 2.24. The summed E-state index contributed by atoms with van der Waals surface area (Å²) < 4.78 is 0.667. The van der Waals surface area contributed by atoms with Crippen molar-refractivity contribution in [2.45, 2.75) is 13.5 Å². The van der Waals surface area contributed by atoms with Crippen LogP contribution in [-0.2, 0) is 6.54 Å². The summed E-state index contributed by atoms with van der Waals surface area (Å²) >= 11 is 3.28. The Bertz CT molecular complexity index is 394. The first-order chi connectivity index (χ1) is 8.41. The zero-order valence-electron chi connectivity index (χ0n) is 10.7. The molecule has 4 nitrogen and oxygen atoms in total. The van der Waals surface area contributed by atoms with E-state index in [0.29, 0.717) is 17.6 Å². The third kappa shape index (κ3) is 3.95. The van der Waals surface area contributed by atoms with Gasteiger partial charge in [0.25, 0.3) is 0 Å². The second-order valence-corrected chi connectivity index (χ2v) is 5.90. The summed E-state index contributed by atoms with van der Waals surface area (Å²) in [5, 5.41) is 28.4. The Kier molecular flexibility index (Phi) is 5.59. The summed E-state index contributed by atoms with van der Waals surface area (Å²) in [4.78, 5) is 1.97. The highest BCUT2D eigenvalue weighted by Crippen LogP contribution is 2.28. The van der Waals surface area contributed by atoms with Gasteiger partial charge in [-0.25, -0.2) is 0 Å². The number of rotatable bonds is 6. The average Bonchev–Trinajstić information content (AvgIpc) is 2.34. The maximum Gasteiger partial charge on any atom is 0.134 e. The number of nitrogens with zero attached hydrogens (tertiary/aromatic N) is 1. The predicted octanol–water partition coefficient (Wildman–Crippen LogP) is 1.58. The van der Waals surface area contributed by atoms with Crippen LogP contribution in [0.2, 0.25) is 0 Å². The van der Waals surface area contributed by atoms with Gasteiger partial charge in [0.1, 0.15) is 5.75 Å². The molecule has 3 N–H and O–H groups in total. The van der Waals surface area contributed by atoms with Gasteiger partial charge in [-0.05, 0) is 29.0 Å². The summed E-state index contributed by atoms with van der Waals surface area (Å²) in [5.41, 5.74) is 0.279. The highest BCUT2D eigenvalue weighted by Gasteiger charge is 2.24. The van der Waals surface area contributed by atoms with Crippen molar-refractivity contribution in [1.29, 1.82) is 0 Å². The van der Waals surface area contributed by atoms with Gasteiger partial charge in [-0.1, -0.05) is 19.1 Å². The van der Waals surface area contributed by atoms with E-state index in [-0.39, 0.29) is 19.0 Å². The van der Waals surface area contributed by atoms with E-state index in [1.807, 2.05) is 31.0 Å². The van der Waals surface area contributed by atoms with E-state index in [0.717, 1.165) is 5.56 Å². The highest BCUT2D eigenvalue weighted by molar-refractivity contribution is 9.10. The molecular weight excluding hydrogens is 298 g/mol. The normalized spacial score (nSPS) is 12.1. The van der Waals surface area contributed by atoms with Crippen molar-refractivity contribution < 1.29 is 15.3 Å². The van der Waals surface area contributed by atoms with E-state index < -0.39 is 5.41 Å². The van der Waals surface area contributed by atoms with Gasteiger partial charge in [0.2, 0.25) is 0 Å². The second-order valence-electron chi connectivity index (χ2n) is 5.05. The first-order valence-corrected chi connectivity index (χ1v) is 6.58. The van der Waals surface area contributed by atoms with E-state index in [9.17, 15) is 15.3 Å². The topological polar surface area (TPSA) is 63.9 Å². The molecule has 102 valence electrons. The minimum absolute atomic E-state index is 0.0711. The van der Waals surface area contributed by atoms with Gasteiger partial charge in [0.15, 0.2) is 0 Å². The lowest BCUT2D eigenvalue weighted by Crippen LogP contribution is -2.38. The lowest BCUT2D eigenvalue weighted by atomic mass is 9.92. The molecule has 0 aliphatic rings. The van der Waals surface area contributed by atoms with Crippen molar-refractivity contribution in [3.05, 3.63) is 28.2 Å². The fraction of sp³-hybridized carbons (Fsp3) is 0.538. The fourth-order valence-electron chi connectivity index (χ4n) is 1.84. The van der Waals surface area contributed by atoms with Crippen molar-refractivity contribution in [2.75, 3.05) is 26.8 Å². The molecule has 0 aliphatic carbocycles. The number of phenols is 1. The lowest BCUT2D eigenvalue weighted by Gasteiger charge is -2.30. The molecule has 0 radical (unpaired) electrons. The van der Waals surface area contributed by atoms with E-state index in [1.54, 1.807) is 6.07 Å². The third-order valence-electron chi connectivity index (χ3n) is 2.93. The monoisotopic (exact) mass is 317 g/mol. The molecule has 0 aromatic heterocycles. The quantitative estimate of drug-likeness (QED) is 0.745. The number of phenolic OH excluding ortho intramolecular Hbond substituents is 1. The van der Waals surface area contributed by atoms with E-state index in [2.05, 4.69) is 15.9 Å². The Morgan fingerprint density at radius 3 is 2.44 bits per heavy atom. The van der Waals surface area contributed by atoms with E-state index >= 15 is 0 Å². The second kappa shape index (κ2) is 6.52. The molecule has 0 fully saturated rings. The number of halogens is 1. The molecule has 0 aliphatic heterocycles. The van der Waals surface area contributed by atoms with Crippen LogP contribution in [0.4, 0.5) is 0 Å². The molecule has 0 bridgehead atoms. The molecule has 1 aromatic carbocycles. The Morgan fingerprint density at radius 1 is 1.28 bits per heavy atom. The number of hydrogen-bond acceptors (Lipinski definition) is 4. The van der Waals surface area contributed by atoms with Crippen LogP contribution in [0, 0.1) is 5.41 Å². The van der Waals surface area contributed by atoms with Gasteiger partial charge < -0.3 is 20.2 Å². The zero-order chi connectivity index (χ0) is 13.8. The first-order valence-electron chi connectivity index (χ1n) is 5.78. The average molecular weight is 318 g/mol. The Balaban J connectivity index is 2.70. The molecule has 18 heavy (non-hydrogen) atoms. The predicted molar refractivity (Wildman–Crippen MR) is 74.4 cm³/mol. The largest absolute Gasteiger partial charge is 0.506 e. The number of aromatic hydroxyl groups is 1. The molecule has 0 amide bonds. The van der Waals surface area contributed by atoms with E-state index in [4.69, 9.17) is 0 Å². The summed E-state index contributed by atoms with van der Waals surface area (Å²) in [6.07, 6.45) is 0. The third-order valence-corrected chi connectivity index (χ3v) is 3.57. The standard InChI is InChI=1S/C13H20BrNO3/c1-13(8-16,9-17)7-15(2)6-10-4-3-5-11(14)12(10)18/h3-5,16-18H,6-9H2,1-2H3. The smallest absolute Gasteiger partial charge is 0.134 e. The molecule has 0 saturated carbocycles. The number of para-hydroxylation sites is 1. The molecule has 5 heteroatoms. The minimum atomic E-state index is -0.531. The van der Waals surface area contributed by atoms with Crippen LogP contribution in [-0.4, -0.2) is 47.0 Å². The van der Waals surface area contributed by atoms with Gasteiger partial charge in [-0.3, -0.25) is 0 Å². The number of hydrogen-bond donors (Lipinski definition) is 3. The number of aliphatic hydroxyl groups is 2. The summed E-state index contributed by atoms with van der Waals surface area (Å²) in [5.74, 6) is 0.235. The molecular formula is C13H20BrNO3. The van der Waals surface area contributed by atoms with Crippen molar-refractivity contribution in [3.8, 4) is 5.75 Å². The molecule has 1 aromatic rings. The van der Waals surface area contributed by atoms with Crippen molar-refractivity contribution >= 4 is 15.9 Å². The maximum absolute atomic E-state index is 9.89. The maximum atomic E-state index is 9.89. The van der Waals surface area contributed by atoms with Crippen molar-refractivity contribution in [3.63, 3.8) is 0 Å². The Labute approximate surface area is 116 Å². The molecule has 1 rings (SSSR count). The zero-order valence-corrected chi connectivity index (χ0v) is 12.3. The summed E-state index contributed by atoms with van der Waals surface area (Å²) in [6, 6.07) is 5.50. The van der Waals surface area contributed by atoms with E-state index in [1.165, 1.54) is 0 Å². The van der Waals surface area contributed by atoms with Crippen LogP contribution < -0.4 is 0 Å².